The first-order valence-corrected chi connectivity index (χ1v) is 10.5. The third kappa shape index (κ3) is 3.64. The lowest BCUT2D eigenvalue weighted by molar-refractivity contribution is -0.124. The quantitative estimate of drug-likeness (QED) is 0.700. The summed E-state index contributed by atoms with van der Waals surface area (Å²) in [5.74, 6) is 0.361. The van der Waals surface area contributed by atoms with E-state index in [0.29, 0.717) is 13.0 Å². The van der Waals surface area contributed by atoms with Crippen LogP contribution in [0.5, 0.6) is 5.75 Å². The fourth-order valence-corrected chi connectivity index (χ4v) is 4.75. The number of fused-ring (bicyclic) bond motifs is 2. The topological polar surface area (TPSA) is 59.0 Å². The van der Waals surface area contributed by atoms with Crippen LogP contribution >= 0.6 is 0 Å². The average Bonchev–Trinajstić information content (AvgIpc) is 2.82. The summed E-state index contributed by atoms with van der Waals surface area (Å²) in [5.41, 5.74) is 3.13. The predicted octanol–water partition coefficient (Wildman–Crippen LogP) is 5.27. The SMILES string of the molecule is CCOc1ccc(C2C3C(=O)CC(C)(C)CC3=Nc3ccccc3N2C(C)=O)cc1. The number of nitrogens with zero attached hydrogens (tertiary/aromatic N) is 2. The van der Waals surface area contributed by atoms with Crippen LogP contribution < -0.4 is 9.64 Å². The fourth-order valence-electron chi connectivity index (χ4n) is 4.75. The zero-order valence-electron chi connectivity index (χ0n) is 18.0. The number of carbonyl (C=O) groups is 2. The molecule has 1 aliphatic carbocycles. The predicted molar refractivity (Wildman–Crippen MR) is 119 cm³/mol. The molecule has 0 aromatic heterocycles. The summed E-state index contributed by atoms with van der Waals surface area (Å²) in [5, 5.41) is 0. The van der Waals surface area contributed by atoms with Gasteiger partial charge in [-0.2, -0.15) is 0 Å². The summed E-state index contributed by atoms with van der Waals surface area (Å²) in [4.78, 5) is 33.0. The van der Waals surface area contributed by atoms with Gasteiger partial charge in [0.25, 0.3) is 0 Å². The summed E-state index contributed by atoms with van der Waals surface area (Å²) < 4.78 is 5.59. The van der Waals surface area contributed by atoms with Gasteiger partial charge in [-0.1, -0.05) is 38.1 Å². The van der Waals surface area contributed by atoms with Crippen LogP contribution in [0.15, 0.2) is 53.5 Å². The zero-order valence-corrected chi connectivity index (χ0v) is 18.0. The Balaban J connectivity index is 1.91. The van der Waals surface area contributed by atoms with Crippen LogP contribution in [0.25, 0.3) is 0 Å². The molecule has 0 radical (unpaired) electrons. The molecule has 1 aliphatic heterocycles. The molecule has 5 nitrogen and oxygen atoms in total. The molecule has 2 aliphatic rings. The third-order valence-electron chi connectivity index (χ3n) is 5.89. The van der Waals surface area contributed by atoms with Crippen molar-refractivity contribution in [2.75, 3.05) is 11.5 Å². The number of carbonyl (C=O) groups excluding carboxylic acids is 2. The Morgan fingerprint density at radius 1 is 1.13 bits per heavy atom. The van der Waals surface area contributed by atoms with Gasteiger partial charge in [-0.15, -0.1) is 0 Å². The average molecular weight is 405 g/mol. The Hall–Kier alpha value is -2.95. The Bertz CT molecular complexity index is 1010. The molecule has 1 fully saturated rings. The van der Waals surface area contributed by atoms with E-state index in [1.54, 1.807) is 11.8 Å². The van der Waals surface area contributed by atoms with Gasteiger partial charge in [0, 0.05) is 19.1 Å². The van der Waals surface area contributed by atoms with Gasteiger partial charge in [-0.05, 0) is 48.6 Å². The highest BCUT2D eigenvalue weighted by atomic mass is 16.5. The number of rotatable bonds is 3. The van der Waals surface area contributed by atoms with Crippen LogP contribution in [0.2, 0.25) is 0 Å². The maximum atomic E-state index is 13.4. The van der Waals surface area contributed by atoms with Gasteiger partial charge in [0.15, 0.2) is 0 Å². The summed E-state index contributed by atoms with van der Waals surface area (Å²) in [6.07, 6.45) is 1.21. The smallest absolute Gasteiger partial charge is 0.224 e. The maximum absolute atomic E-state index is 13.4. The Morgan fingerprint density at radius 3 is 2.50 bits per heavy atom. The third-order valence-corrected chi connectivity index (χ3v) is 5.89. The highest BCUT2D eigenvalue weighted by Gasteiger charge is 2.47. The first-order chi connectivity index (χ1) is 14.3. The molecule has 0 bridgehead atoms. The minimum atomic E-state index is -0.452. The van der Waals surface area contributed by atoms with Crippen molar-refractivity contribution < 1.29 is 14.3 Å². The number of benzene rings is 2. The van der Waals surface area contributed by atoms with E-state index in [4.69, 9.17) is 9.73 Å². The lowest BCUT2D eigenvalue weighted by Gasteiger charge is -2.40. The number of ketones is 1. The normalized spacial score (nSPS) is 22.5. The van der Waals surface area contributed by atoms with E-state index in [-0.39, 0.29) is 17.1 Å². The number of para-hydroxylation sites is 2. The molecular weight excluding hydrogens is 376 g/mol. The minimum Gasteiger partial charge on any atom is -0.494 e. The van der Waals surface area contributed by atoms with Crippen molar-refractivity contribution in [1.82, 2.24) is 0 Å². The number of aliphatic imine (C=N–C) groups is 1. The van der Waals surface area contributed by atoms with E-state index < -0.39 is 12.0 Å². The van der Waals surface area contributed by atoms with Crippen molar-refractivity contribution in [3.63, 3.8) is 0 Å². The van der Waals surface area contributed by atoms with Crippen molar-refractivity contribution in [3.8, 4) is 5.75 Å². The second kappa shape index (κ2) is 7.71. The molecule has 1 heterocycles. The van der Waals surface area contributed by atoms with Gasteiger partial charge in [0.2, 0.25) is 5.91 Å². The van der Waals surface area contributed by atoms with Gasteiger partial charge in [-0.25, -0.2) is 0 Å². The van der Waals surface area contributed by atoms with E-state index >= 15 is 0 Å². The van der Waals surface area contributed by atoms with E-state index in [9.17, 15) is 9.59 Å². The summed E-state index contributed by atoms with van der Waals surface area (Å²) in [6.45, 7) is 8.30. The summed E-state index contributed by atoms with van der Waals surface area (Å²) in [7, 11) is 0. The number of hydrogen-bond acceptors (Lipinski definition) is 4. The van der Waals surface area contributed by atoms with Crippen molar-refractivity contribution in [3.05, 3.63) is 54.1 Å². The van der Waals surface area contributed by atoms with E-state index in [1.807, 2.05) is 55.5 Å². The van der Waals surface area contributed by atoms with Crippen LogP contribution in [-0.2, 0) is 9.59 Å². The molecule has 1 saturated carbocycles. The van der Waals surface area contributed by atoms with Crippen LogP contribution in [-0.4, -0.2) is 24.0 Å². The lowest BCUT2D eigenvalue weighted by atomic mass is 9.68. The molecule has 0 N–H and O–H groups in total. The Kier molecular flexibility index (Phi) is 5.22. The van der Waals surface area contributed by atoms with E-state index in [1.165, 1.54) is 0 Å². The molecule has 2 aromatic rings. The number of anilines is 1. The first kappa shape index (κ1) is 20.3. The molecule has 0 spiro atoms. The van der Waals surface area contributed by atoms with Crippen LogP contribution in [0.1, 0.15) is 52.1 Å². The molecule has 5 heteroatoms. The highest BCUT2D eigenvalue weighted by Crippen LogP contribution is 2.48. The number of Topliss-reactive ketones (excluding diaryl/α,β-unsaturated/α-hetero) is 1. The van der Waals surface area contributed by atoms with Crippen molar-refractivity contribution in [2.24, 2.45) is 16.3 Å². The highest BCUT2D eigenvalue weighted by molar-refractivity contribution is 6.12. The van der Waals surface area contributed by atoms with Crippen LogP contribution in [0, 0.1) is 11.3 Å². The van der Waals surface area contributed by atoms with Gasteiger partial charge < -0.3 is 9.64 Å². The molecule has 4 rings (SSSR count). The Labute approximate surface area is 177 Å². The molecule has 30 heavy (non-hydrogen) atoms. The van der Waals surface area contributed by atoms with Crippen LogP contribution in [0.4, 0.5) is 11.4 Å². The van der Waals surface area contributed by atoms with E-state index in [2.05, 4.69) is 13.8 Å². The second-order valence-electron chi connectivity index (χ2n) is 8.89. The largest absolute Gasteiger partial charge is 0.494 e. The minimum absolute atomic E-state index is 0.101. The Morgan fingerprint density at radius 2 is 1.83 bits per heavy atom. The van der Waals surface area contributed by atoms with Gasteiger partial charge in [0.05, 0.1) is 29.9 Å². The molecule has 156 valence electrons. The van der Waals surface area contributed by atoms with Crippen molar-refractivity contribution in [1.29, 1.82) is 0 Å². The van der Waals surface area contributed by atoms with E-state index in [0.717, 1.165) is 34.8 Å². The summed E-state index contributed by atoms with van der Waals surface area (Å²) >= 11 is 0. The lowest BCUT2D eigenvalue weighted by Crippen LogP contribution is -2.46. The maximum Gasteiger partial charge on any atom is 0.224 e. The van der Waals surface area contributed by atoms with Gasteiger partial charge >= 0.3 is 0 Å². The number of ether oxygens (including phenoxy) is 1. The van der Waals surface area contributed by atoms with Gasteiger partial charge in [0.1, 0.15) is 11.5 Å². The van der Waals surface area contributed by atoms with Crippen LogP contribution in [0.3, 0.4) is 0 Å². The molecule has 2 atom stereocenters. The summed E-state index contributed by atoms with van der Waals surface area (Å²) in [6, 6.07) is 15.0. The van der Waals surface area contributed by atoms with Crippen molar-refractivity contribution >= 4 is 28.8 Å². The fraction of sp³-hybridized carbons (Fsp3) is 0.400. The first-order valence-electron chi connectivity index (χ1n) is 10.5. The number of amides is 1. The standard InChI is InChI=1S/C25H28N2O3/c1-5-30-18-12-10-17(11-13-18)24-23-20(14-25(3,4)15-22(23)29)26-19-8-6-7-9-21(19)27(24)16(2)28/h6-13,23-24H,5,14-15H2,1-4H3. The molecular formula is C25H28N2O3. The second-order valence-corrected chi connectivity index (χ2v) is 8.89. The monoisotopic (exact) mass is 404 g/mol. The number of hydrogen-bond donors (Lipinski definition) is 0. The molecule has 1 amide bonds. The molecule has 0 saturated heterocycles. The molecule has 2 aromatic carbocycles. The zero-order chi connectivity index (χ0) is 21.5. The van der Waals surface area contributed by atoms with Crippen molar-refractivity contribution in [2.45, 2.75) is 46.6 Å². The molecule has 2 unspecified atom stereocenters. The van der Waals surface area contributed by atoms with Gasteiger partial charge in [-0.3, -0.25) is 14.6 Å².